The van der Waals surface area contributed by atoms with E-state index in [0.717, 1.165) is 37.7 Å². The van der Waals surface area contributed by atoms with Gasteiger partial charge in [0.05, 0.1) is 0 Å². The summed E-state index contributed by atoms with van der Waals surface area (Å²) in [7, 11) is 0. The fraction of sp³-hybridized carbons (Fsp3) is 0.684. The first kappa shape index (κ1) is 16.9. The third-order valence-corrected chi connectivity index (χ3v) is 5.32. The molecule has 0 aliphatic carbocycles. The molecular formula is C19H30FN3. The maximum Gasteiger partial charge on any atom is 0.127 e. The average Bonchev–Trinajstić information content (AvgIpc) is 2.97. The molecule has 3 unspecified atom stereocenters. The van der Waals surface area contributed by atoms with E-state index in [1.165, 1.54) is 19.3 Å². The zero-order chi connectivity index (χ0) is 16.2. The molecule has 3 rings (SSSR count). The first-order valence-electron chi connectivity index (χ1n) is 9.07. The van der Waals surface area contributed by atoms with Gasteiger partial charge in [0.2, 0.25) is 0 Å². The fourth-order valence-corrected chi connectivity index (χ4v) is 4.29. The summed E-state index contributed by atoms with van der Waals surface area (Å²) in [5.41, 5.74) is 7.72. The Morgan fingerprint density at radius 3 is 2.91 bits per heavy atom. The number of rotatable bonds is 5. The lowest BCUT2D eigenvalue weighted by Gasteiger charge is -2.37. The SMILES string of the molecule is CC(C)CC1CNNC1C1CCCN(Cc2ccccc2F)C1. The van der Waals surface area contributed by atoms with Crippen LogP contribution in [0.25, 0.3) is 0 Å². The third kappa shape index (κ3) is 4.31. The van der Waals surface area contributed by atoms with Crippen molar-refractivity contribution >= 4 is 0 Å². The number of halogens is 1. The Morgan fingerprint density at radius 1 is 1.30 bits per heavy atom. The number of hydrazine groups is 1. The summed E-state index contributed by atoms with van der Waals surface area (Å²) in [5.74, 6) is 2.04. The van der Waals surface area contributed by atoms with Crippen LogP contribution in [0.15, 0.2) is 24.3 Å². The lowest BCUT2D eigenvalue weighted by atomic mass is 9.81. The van der Waals surface area contributed by atoms with Gasteiger partial charge in [-0.05, 0) is 49.6 Å². The minimum Gasteiger partial charge on any atom is -0.299 e. The van der Waals surface area contributed by atoms with Crippen molar-refractivity contribution in [2.24, 2.45) is 17.8 Å². The molecule has 0 amide bonds. The van der Waals surface area contributed by atoms with Crippen LogP contribution in [0.4, 0.5) is 4.39 Å². The number of nitrogens with zero attached hydrogens (tertiary/aromatic N) is 1. The summed E-state index contributed by atoms with van der Waals surface area (Å²) >= 11 is 0. The molecule has 2 fully saturated rings. The average molecular weight is 319 g/mol. The van der Waals surface area contributed by atoms with Crippen molar-refractivity contribution in [1.29, 1.82) is 0 Å². The highest BCUT2D eigenvalue weighted by Gasteiger charge is 2.36. The predicted octanol–water partition coefficient (Wildman–Crippen LogP) is 3.18. The van der Waals surface area contributed by atoms with E-state index in [9.17, 15) is 4.39 Å². The van der Waals surface area contributed by atoms with E-state index in [4.69, 9.17) is 0 Å². The Labute approximate surface area is 139 Å². The Hall–Kier alpha value is -0.970. The van der Waals surface area contributed by atoms with E-state index < -0.39 is 0 Å². The van der Waals surface area contributed by atoms with Gasteiger partial charge in [-0.2, -0.15) is 0 Å². The maximum absolute atomic E-state index is 13.9. The van der Waals surface area contributed by atoms with Gasteiger partial charge in [0.1, 0.15) is 5.82 Å². The molecule has 0 saturated carbocycles. The molecule has 0 spiro atoms. The fourth-order valence-electron chi connectivity index (χ4n) is 4.29. The van der Waals surface area contributed by atoms with E-state index in [2.05, 4.69) is 29.6 Å². The first-order valence-corrected chi connectivity index (χ1v) is 9.07. The van der Waals surface area contributed by atoms with Crippen molar-refractivity contribution in [3.05, 3.63) is 35.6 Å². The molecule has 1 aromatic rings. The molecule has 2 aliphatic rings. The second kappa shape index (κ2) is 7.73. The highest BCUT2D eigenvalue weighted by Crippen LogP contribution is 2.29. The molecule has 0 bridgehead atoms. The minimum atomic E-state index is -0.0760. The molecule has 3 atom stereocenters. The van der Waals surface area contributed by atoms with Gasteiger partial charge < -0.3 is 0 Å². The summed E-state index contributed by atoms with van der Waals surface area (Å²) in [6.45, 7) is 8.58. The summed E-state index contributed by atoms with van der Waals surface area (Å²) in [5, 5.41) is 0. The van der Waals surface area contributed by atoms with Crippen molar-refractivity contribution in [3.8, 4) is 0 Å². The molecule has 1 aromatic carbocycles. The largest absolute Gasteiger partial charge is 0.299 e. The number of nitrogens with one attached hydrogen (secondary N) is 2. The molecule has 128 valence electrons. The Bertz CT molecular complexity index is 505. The topological polar surface area (TPSA) is 27.3 Å². The standard InChI is InChI=1S/C19H30FN3/c1-14(2)10-17-11-21-22-19(17)16-7-5-9-23(13-16)12-15-6-3-4-8-18(15)20/h3-4,6,8,14,16-17,19,21-22H,5,7,9-13H2,1-2H3. The van der Waals surface area contributed by atoms with E-state index in [0.29, 0.717) is 17.9 Å². The molecule has 0 aromatic heterocycles. The Kier molecular flexibility index (Phi) is 5.67. The summed E-state index contributed by atoms with van der Waals surface area (Å²) in [6, 6.07) is 7.73. The normalized spacial score (nSPS) is 29.3. The molecule has 23 heavy (non-hydrogen) atoms. The monoisotopic (exact) mass is 319 g/mol. The molecule has 4 heteroatoms. The second-order valence-corrected chi connectivity index (χ2v) is 7.67. The van der Waals surface area contributed by atoms with Gasteiger partial charge >= 0.3 is 0 Å². The highest BCUT2D eigenvalue weighted by atomic mass is 19.1. The quantitative estimate of drug-likeness (QED) is 0.873. The van der Waals surface area contributed by atoms with Crippen LogP contribution in [-0.4, -0.2) is 30.6 Å². The number of hydrogen-bond acceptors (Lipinski definition) is 3. The smallest absolute Gasteiger partial charge is 0.127 e. The highest BCUT2D eigenvalue weighted by molar-refractivity contribution is 5.17. The number of likely N-dealkylation sites (tertiary alicyclic amines) is 1. The zero-order valence-electron chi connectivity index (χ0n) is 14.4. The van der Waals surface area contributed by atoms with Crippen LogP contribution in [0.5, 0.6) is 0 Å². The molecule has 3 nitrogen and oxygen atoms in total. The van der Waals surface area contributed by atoms with Gasteiger partial charge in [0.15, 0.2) is 0 Å². The summed E-state index contributed by atoms with van der Waals surface area (Å²) < 4.78 is 13.9. The number of benzene rings is 1. The predicted molar refractivity (Wildman–Crippen MR) is 92.3 cm³/mol. The van der Waals surface area contributed by atoms with Crippen LogP contribution in [0, 0.1) is 23.6 Å². The lowest BCUT2D eigenvalue weighted by molar-refractivity contribution is 0.127. The molecule has 2 aliphatic heterocycles. The van der Waals surface area contributed by atoms with E-state index in [1.807, 2.05) is 12.1 Å². The van der Waals surface area contributed by atoms with Crippen molar-refractivity contribution in [1.82, 2.24) is 15.8 Å². The van der Waals surface area contributed by atoms with E-state index >= 15 is 0 Å². The van der Waals surface area contributed by atoms with Crippen LogP contribution in [0.3, 0.4) is 0 Å². The molecule has 0 radical (unpaired) electrons. The van der Waals surface area contributed by atoms with Crippen molar-refractivity contribution in [2.45, 2.75) is 45.7 Å². The van der Waals surface area contributed by atoms with Crippen LogP contribution in [0.1, 0.15) is 38.7 Å². The van der Waals surface area contributed by atoms with Gasteiger partial charge in [-0.1, -0.05) is 32.0 Å². The van der Waals surface area contributed by atoms with Gasteiger partial charge in [0, 0.05) is 31.2 Å². The first-order chi connectivity index (χ1) is 11.1. The van der Waals surface area contributed by atoms with Crippen molar-refractivity contribution in [3.63, 3.8) is 0 Å². The third-order valence-electron chi connectivity index (χ3n) is 5.32. The van der Waals surface area contributed by atoms with Gasteiger partial charge in [0.25, 0.3) is 0 Å². The van der Waals surface area contributed by atoms with Crippen LogP contribution in [0.2, 0.25) is 0 Å². The van der Waals surface area contributed by atoms with Crippen LogP contribution >= 0.6 is 0 Å². The number of hydrogen-bond donors (Lipinski definition) is 2. The van der Waals surface area contributed by atoms with Crippen LogP contribution in [-0.2, 0) is 6.54 Å². The van der Waals surface area contributed by atoms with Crippen molar-refractivity contribution < 1.29 is 4.39 Å². The minimum absolute atomic E-state index is 0.0760. The summed E-state index contributed by atoms with van der Waals surface area (Å²) in [6.07, 6.45) is 3.77. The van der Waals surface area contributed by atoms with Crippen LogP contribution < -0.4 is 10.9 Å². The van der Waals surface area contributed by atoms with Gasteiger partial charge in [-0.15, -0.1) is 0 Å². The molecular weight excluding hydrogens is 289 g/mol. The molecule has 2 N–H and O–H groups in total. The van der Waals surface area contributed by atoms with Gasteiger partial charge in [-0.25, -0.2) is 4.39 Å². The van der Waals surface area contributed by atoms with Crippen molar-refractivity contribution in [2.75, 3.05) is 19.6 Å². The number of piperidine rings is 1. The van der Waals surface area contributed by atoms with Gasteiger partial charge in [-0.3, -0.25) is 15.8 Å². The second-order valence-electron chi connectivity index (χ2n) is 7.67. The Morgan fingerprint density at radius 2 is 2.13 bits per heavy atom. The maximum atomic E-state index is 13.9. The Balaban J connectivity index is 1.60. The van der Waals surface area contributed by atoms with E-state index in [-0.39, 0.29) is 5.82 Å². The zero-order valence-corrected chi connectivity index (χ0v) is 14.4. The lowest BCUT2D eigenvalue weighted by Crippen LogP contribution is -2.46. The molecule has 2 heterocycles. The molecule has 2 saturated heterocycles. The summed E-state index contributed by atoms with van der Waals surface area (Å²) in [4.78, 5) is 2.43. The van der Waals surface area contributed by atoms with E-state index in [1.54, 1.807) is 12.1 Å².